The largest absolute Gasteiger partial charge is 0.442 e. The zero-order valence-corrected chi connectivity index (χ0v) is 19.3. The van der Waals surface area contributed by atoms with Crippen LogP contribution in [0.5, 0.6) is 0 Å². The van der Waals surface area contributed by atoms with Crippen LogP contribution in [0.15, 0.2) is 29.8 Å². The van der Waals surface area contributed by atoms with Crippen molar-refractivity contribution in [2.75, 3.05) is 63.2 Å². The van der Waals surface area contributed by atoms with Crippen molar-refractivity contribution in [2.45, 2.75) is 18.9 Å². The van der Waals surface area contributed by atoms with E-state index < -0.39 is 12.2 Å². The third-order valence-corrected chi connectivity index (χ3v) is 5.94. The van der Waals surface area contributed by atoms with Gasteiger partial charge in [-0.3, -0.25) is 4.90 Å². The molecule has 0 aliphatic carbocycles. The standard InChI is InChI=1S/C22H29FN6O2S/c1-26(2)11-12-28(21(25)32)14-18-15-29(22(30)31-18)17-3-4-20(19(23)13-17)27-9-6-16(5-8-24)7-10-27/h3-5,13,18H,6-7,9-12,14-15H2,1-2H3,(H2,25,32). The number of cyclic esters (lactones) is 1. The first-order chi connectivity index (χ1) is 15.3. The van der Waals surface area contributed by atoms with Crippen molar-refractivity contribution in [3.05, 3.63) is 35.7 Å². The third-order valence-electron chi connectivity index (χ3n) is 5.68. The molecule has 0 spiro atoms. The number of hydrogen-bond acceptors (Lipinski definition) is 6. The van der Waals surface area contributed by atoms with Gasteiger partial charge in [-0.05, 0) is 57.4 Å². The predicted octanol–water partition coefficient (Wildman–Crippen LogP) is 2.31. The summed E-state index contributed by atoms with van der Waals surface area (Å²) >= 11 is 5.13. The average Bonchev–Trinajstić information content (AvgIpc) is 3.12. The first-order valence-electron chi connectivity index (χ1n) is 10.6. The van der Waals surface area contributed by atoms with Crippen LogP contribution < -0.4 is 15.5 Å². The summed E-state index contributed by atoms with van der Waals surface area (Å²) in [6, 6.07) is 6.86. The molecule has 32 heavy (non-hydrogen) atoms. The maximum Gasteiger partial charge on any atom is 0.414 e. The number of rotatable bonds is 7. The van der Waals surface area contributed by atoms with Gasteiger partial charge in [-0.2, -0.15) is 5.26 Å². The van der Waals surface area contributed by atoms with Gasteiger partial charge in [-0.25, -0.2) is 9.18 Å². The number of hydrogen-bond donors (Lipinski definition) is 1. The lowest BCUT2D eigenvalue weighted by Gasteiger charge is -2.30. The summed E-state index contributed by atoms with van der Waals surface area (Å²) in [6.07, 6.45) is 2.12. The normalized spacial score (nSPS) is 18.5. The molecule has 3 rings (SSSR count). The number of carbonyl (C=O) groups is 1. The molecule has 10 heteroatoms. The minimum absolute atomic E-state index is 0.256. The number of nitrogens with two attached hydrogens (primary N) is 1. The molecule has 0 aromatic heterocycles. The van der Waals surface area contributed by atoms with E-state index in [-0.39, 0.29) is 10.9 Å². The highest BCUT2D eigenvalue weighted by Gasteiger charge is 2.34. The van der Waals surface area contributed by atoms with Crippen LogP contribution in [0, 0.1) is 17.1 Å². The first-order valence-corrected chi connectivity index (χ1v) is 11.0. The smallest absolute Gasteiger partial charge is 0.414 e. The van der Waals surface area contributed by atoms with Crippen molar-refractivity contribution in [2.24, 2.45) is 5.73 Å². The molecule has 1 atom stereocenters. The van der Waals surface area contributed by atoms with Crippen molar-refractivity contribution in [1.82, 2.24) is 9.80 Å². The van der Waals surface area contributed by atoms with E-state index in [2.05, 4.69) is 6.07 Å². The second-order valence-electron chi connectivity index (χ2n) is 8.26. The Hall–Kier alpha value is -2.90. The maximum absolute atomic E-state index is 14.9. The first kappa shape index (κ1) is 23.8. The molecule has 1 aromatic carbocycles. The fraction of sp³-hybridized carbons (Fsp3) is 0.500. The van der Waals surface area contributed by atoms with Gasteiger partial charge in [0.25, 0.3) is 0 Å². The number of ether oxygens (including phenoxy) is 1. The van der Waals surface area contributed by atoms with Crippen LogP contribution in [0.25, 0.3) is 0 Å². The molecule has 2 N–H and O–H groups in total. The topological polar surface area (TPSA) is 89.1 Å². The summed E-state index contributed by atoms with van der Waals surface area (Å²) in [5.41, 5.74) is 7.86. The summed E-state index contributed by atoms with van der Waals surface area (Å²) in [6.45, 7) is 3.38. The number of carbonyl (C=O) groups excluding carboxylic acids is 1. The van der Waals surface area contributed by atoms with Gasteiger partial charge >= 0.3 is 6.09 Å². The molecular weight excluding hydrogens is 431 g/mol. The number of likely N-dealkylation sites (N-methyl/N-ethyl adjacent to an activating group) is 1. The molecule has 8 nitrogen and oxygen atoms in total. The molecule has 1 amide bonds. The van der Waals surface area contributed by atoms with E-state index in [1.807, 2.05) is 28.8 Å². The van der Waals surface area contributed by atoms with Gasteiger partial charge in [0.1, 0.15) is 11.9 Å². The number of nitrogens with zero attached hydrogens (tertiary/aromatic N) is 5. The molecule has 0 bridgehead atoms. The van der Waals surface area contributed by atoms with Crippen molar-refractivity contribution in [3.63, 3.8) is 0 Å². The van der Waals surface area contributed by atoms with Gasteiger partial charge in [0, 0.05) is 32.3 Å². The van der Waals surface area contributed by atoms with Crippen molar-refractivity contribution < 1.29 is 13.9 Å². The average molecular weight is 461 g/mol. The second kappa shape index (κ2) is 10.6. The molecule has 2 aliphatic rings. The lowest BCUT2D eigenvalue weighted by atomic mass is 10.0. The fourth-order valence-electron chi connectivity index (χ4n) is 3.88. The number of halogens is 1. The minimum Gasteiger partial charge on any atom is -0.442 e. The molecule has 172 valence electrons. The van der Waals surface area contributed by atoms with Crippen LogP contribution in [-0.4, -0.2) is 80.5 Å². The molecule has 0 saturated carbocycles. The Morgan fingerprint density at radius 1 is 1.38 bits per heavy atom. The highest BCUT2D eigenvalue weighted by molar-refractivity contribution is 7.80. The third kappa shape index (κ3) is 5.87. The lowest BCUT2D eigenvalue weighted by Crippen LogP contribution is -2.44. The van der Waals surface area contributed by atoms with Crippen LogP contribution in [-0.2, 0) is 4.74 Å². The van der Waals surface area contributed by atoms with Crippen LogP contribution in [0.1, 0.15) is 12.8 Å². The lowest BCUT2D eigenvalue weighted by molar-refractivity contribution is 0.125. The summed E-state index contributed by atoms with van der Waals surface area (Å²) in [7, 11) is 3.91. The molecule has 1 aromatic rings. The number of thiocarbonyl (C=S) groups is 1. The Morgan fingerprint density at radius 3 is 2.69 bits per heavy atom. The van der Waals surface area contributed by atoms with E-state index in [1.165, 1.54) is 11.0 Å². The van der Waals surface area contributed by atoms with Crippen molar-refractivity contribution in [3.8, 4) is 6.07 Å². The van der Waals surface area contributed by atoms with Gasteiger partial charge in [0.15, 0.2) is 5.11 Å². The van der Waals surface area contributed by atoms with E-state index in [1.54, 1.807) is 18.2 Å². The fourth-order valence-corrected chi connectivity index (χ4v) is 4.04. The summed E-state index contributed by atoms with van der Waals surface area (Å²) in [5.74, 6) is -0.387. The summed E-state index contributed by atoms with van der Waals surface area (Å²) in [5, 5.41) is 9.04. The Labute approximate surface area is 193 Å². The zero-order valence-electron chi connectivity index (χ0n) is 18.5. The molecule has 2 aliphatic heterocycles. The number of piperidine rings is 1. The Balaban J connectivity index is 1.64. The maximum atomic E-state index is 14.9. The highest BCUT2D eigenvalue weighted by atomic mass is 32.1. The van der Waals surface area contributed by atoms with Crippen LogP contribution >= 0.6 is 12.2 Å². The van der Waals surface area contributed by atoms with Gasteiger partial charge in [0.05, 0.1) is 30.5 Å². The number of nitriles is 1. The van der Waals surface area contributed by atoms with Gasteiger partial charge in [0.2, 0.25) is 0 Å². The Morgan fingerprint density at radius 2 is 2.09 bits per heavy atom. The van der Waals surface area contributed by atoms with Crippen LogP contribution in [0.4, 0.5) is 20.6 Å². The van der Waals surface area contributed by atoms with E-state index in [9.17, 15) is 9.18 Å². The summed E-state index contributed by atoms with van der Waals surface area (Å²) in [4.78, 5) is 19.7. The molecule has 1 unspecified atom stereocenters. The number of allylic oxidation sites excluding steroid dienone is 1. The number of benzene rings is 1. The SMILES string of the molecule is CN(C)CCN(CC1CN(c2ccc(N3CCC(=CC#N)CC3)c(F)c2)C(=O)O1)C(N)=S. The zero-order chi connectivity index (χ0) is 23.3. The predicted molar refractivity (Wildman–Crippen MR) is 126 cm³/mol. The second-order valence-corrected chi connectivity index (χ2v) is 8.68. The van der Waals surface area contributed by atoms with E-state index >= 15 is 0 Å². The highest BCUT2D eigenvalue weighted by Crippen LogP contribution is 2.30. The monoisotopic (exact) mass is 460 g/mol. The quantitative estimate of drug-likeness (QED) is 0.490. The van der Waals surface area contributed by atoms with E-state index in [0.29, 0.717) is 44.1 Å². The van der Waals surface area contributed by atoms with Crippen LogP contribution in [0.2, 0.25) is 0 Å². The Bertz CT molecular complexity index is 921. The molecular formula is C22H29FN6O2S. The summed E-state index contributed by atoms with van der Waals surface area (Å²) < 4.78 is 20.4. The minimum atomic E-state index is -0.512. The van der Waals surface area contributed by atoms with Gasteiger partial charge in [-0.15, -0.1) is 0 Å². The molecule has 2 heterocycles. The van der Waals surface area contributed by atoms with Gasteiger partial charge in [-0.1, -0.05) is 5.57 Å². The van der Waals surface area contributed by atoms with Crippen LogP contribution in [0.3, 0.4) is 0 Å². The molecule has 2 fully saturated rings. The number of anilines is 2. The van der Waals surface area contributed by atoms with Crippen molar-refractivity contribution >= 4 is 34.8 Å². The molecule has 2 saturated heterocycles. The van der Waals surface area contributed by atoms with E-state index in [0.717, 1.165) is 25.0 Å². The van der Waals surface area contributed by atoms with Gasteiger partial charge < -0.3 is 25.2 Å². The molecule has 0 radical (unpaired) electrons. The Kier molecular flexibility index (Phi) is 7.88. The van der Waals surface area contributed by atoms with E-state index in [4.69, 9.17) is 28.0 Å². The van der Waals surface area contributed by atoms with Crippen molar-refractivity contribution in [1.29, 1.82) is 5.26 Å². The number of amides is 1.